The van der Waals surface area contributed by atoms with Crippen molar-refractivity contribution in [2.75, 3.05) is 30.8 Å². The predicted octanol–water partition coefficient (Wildman–Crippen LogP) is 3.34. The number of piperidine rings is 1. The van der Waals surface area contributed by atoms with E-state index in [-0.39, 0.29) is 17.3 Å². The van der Waals surface area contributed by atoms with Gasteiger partial charge in [-0.05, 0) is 37.0 Å². The second kappa shape index (κ2) is 9.39. The van der Waals surface area contributed by atoms with Gasteiger partial charge in [-0.1, -0.05) is 43.3 Å². The number of fused-ring (bicyclic) bond motifs is 1. The van der Waals surface area contributed by atoms with Crippen LogP contribution in [0.5, 0.6) is 0 Å². The second-order valence-corrected chi connectivity index (χ2v) is 10.7. The average molecular weight is 468 g/mol. The molecule has 0 bridgehead atoms. The molecule has 8 heteroatoms. The van der Waals surface area contributed by atoms with Gasteiger partial charge in [0.2, 0.25) is 11.8 Å². The Morgan fingerprint density at radius 2 is 1.64 bits per heavy atom. The molecule has 0 unspecified atom stereocenters. The van der Waals surface area contributed by atoms with E-state index in [0.29, 0.717) is 22.5 Å². The molecular weight excluding hydrogens is 438 g/mol. The van der Waals surface area contributed by atoms with E-state index in [1.165, 1.54) is 11.1 Å². The molecule has 0 saturated carbocycles. The minimum absolute atomic E-state index is 0.0218. The van der Waals surface area contributed by atoms with Crippen LogP contribution in [0.15, 0.2) is 65.7 Å². The molecule has 3 aromatic rings. The first-order valence-electron chi connectivity index (χ1n) is 11.2. The lowest BCUT2D eigenvalue weighted by Gasteiger charge is -2.30. The third-order valence-electron chi connectivity index (χ3n) is 6.36. The van der Waals surface area contributed by atoms with Crippen molar-refractivity contribution in [2.24, 2.45) is 5.92 Å². The number of hydrogen-bond acceptors (Lipinski definition) is 4. The van der Waals surface area contributed by atoms with Crippen LogP contribution in [-0.2, 0) is 26.0 Å². The molecule has 33 heavy (non-hydrogen) atoms. The fraction of sp³-hybridized carbons (Fsp3) is 0.360. The topological polar surface area (TPSA) is 79.7 Å². The number of carbonyl (C=O) groups excluding carboxylic acids is 2. The molecule has 2 heterocycles. The van der Waals surface area contributed by atoms with Gasteiger partial charge in [0.05, 0.1) is 4.90 Å². The highest BCUT2D eigenvalue weighted by Gasteiger charge is 2.27. The van der Waals surface area contributed by atoms with Gasteiger partial charge in [0.1, 0.15) is 12.3 Å². The van der Waals surface area contributed by atoms with Crippen LogP contribution in [0.1, 0.15) is 19.8 Å². The monoisotopic (exact) mass is 467 g/mol. The van der Waals surface area contributed by atoms with Crippen molar-refractivity contribution in [3.8, 4) is 0 Å². The molecule has 1 aromatic heterocycles. The molecule has 1 fully saturated rings. The zero-order valence-electron chi connectivity index (χ0n) is 19.0. The summed E-state index contributed by atoms with van der Waals surface area (Å²) in [7, 11) is -2.36. The number of benzene rings is 2. The molecule has 0 N–H and O–H groups in total. The Kier molecular flexibility index (Phi) is 6.56. The van der Waals surface area contributed by atoms with Gasteiger partial charge in [-0.3, -0.25) is 9.59 Å². The van der Waals surface area contributed by atoms with Gasteiger partial charge in [0.15, 0.2) is 9.84 Å². The minimum Gasteiger partial charge on any atom is -0.341 e. The molecule has 0 radical (unpaired) electrons. The molecule has 4 rings (SSSR count). The highest BCUT2D eigenvalue weighted by atomic mass is 32.2. The van der Waals surface area contributed by atoms with Gasteiger partial charge < -0.3 is 14.4 Å². The fourth-order valence-corrected chi connectivity index (χ4v) is 5.70. The van der Waals surface area contributed by atoms with Crippen molar-refractivity contribution < 1.29 is 18.0 Å². The zero-order valence-corrected chi connectivity index (χ0v) is 19.8. The van der Waals surface area contributed by atoms with E-state index in [9.17, 15) is 18.0 Å². The van der Waals surface area contributed by atoms with Crippen LogP contribution in [0.2, 0.25) is 0 Å². The highest BCUT2D eigenvalue weighted by molar-refractivity contribution is 7.92. The number of anilines is 1. The molecule has 0 spiro atoms. The van der Waals surface area contributed by atoms with E-state index < -0.39 is 21.5 Å². The van der Waals surface area contributed by atoms with Crippen LogP contribution in [0.3, 0.4) is 0 Å². The van der Waals surface area contributed by atoms with Crippen LogP contribution in [-0.4, -0.2) is 55.6 Å². The van der Waals surface area contributed by atoms with E-state index >= 15 is 0 Å². The standard InChI is InChI=1S/C25H29N3O4S/c1-19-12-14-27(15-13-19)24(29)17-28-16-23(21-10-6-7-11-22(21)28)33(31,32)18-25(30)26(2)20-8-4-3-5-9-20/h3-11,16,19H,12-15,17-18H2,1-2H3. The maximum atomic E-state index is 13.3. The van der Waals surface area contributed by atoms with Gasteiger partial charge >= 0.3 is 0 Å². The number of likely N-dealkylation sites (tertiary alicyclic amines) is 1. The van der Waals surface area contributed by atoms with Crippen LogP contribution >= 0.6 is 0 Å². The Morgan fingerprint density at radius 1 is 1.00 bits per heavy atom. The summed E-state index contributed by atoms with van der Waals surface area (Å²) in [5, 5.41) is 0.521. The molecule has 2 aromatic carbocycles. The summed E-state index contributed by atoms with van der Waals surface area (Å²) in [5.41, 5.74) is 1.29. The summed E-state index contributed by atoms with van der Waals surface area (Å²) in [6, 6.07) is 16.0. The largest absolute Gasteiger partial charge is 0.341 e. The quantitative estimate of drug-likeness (QED) is 0.557. The number of aromatic nitrogens is 1. The summed E-state index contributed by atoms with van der Waals surface area (Å²) in [6.07, 6.45) is 3.46. The number of sulfone groups is 1. The van der Waals surface area contributed by atoms with Crippen molar-refractivity contribution in [1.82, 2.24) is 9.47 Å². The smallest absolute Gasteiger partial charge is 0.242 e. The lowest BCUT2D eigenvalue weighted by molar-refractivity contribution is -0.133. The van der Waals surface area contributed by atoms with Crippen LogP contribution in [0, 0.1) is 5.92 Å². The Bertz CT molecular complexity index is 1260. The van der Waals surface area contributed by atoms with Crippen LogP contribution < -0.4 is 4.90 Å². The van der Waals surface area contributed by atoms with Gasteiger partial charge in [-0.15, -0.1) is 0 Å². The van der Waals surface area contributed by atoms with Crippen molar-refractivity contribution in [1.29, 1.82) is 0 Å². The SMILES string of the molecule is CC1CCN(C(=O)Cn2cc(S(=O)(=O)CC(=O)N(C)c3ccccc3)c3ccccc32)CC1. The Balaban J connectivity index is 1.58. The molecule has 0 atom stereocenters. The number of rotatable bonds is 6. The van der Waals surface area contributed by atoms with Gasteiger partial charge in [-0.2, -0.15) is 0 Å². The number of para-hydroxylation sites is 2. The number of amides is 2. The van der Waals surface area contributed by atoms with Crippen molar-refractivity contribution in [3.63, 3.8) is 0 Å². The Hall–Kier alpha value is -3.13. The van der Waals surface area contributed by atoms with Crippen LogP contribution in [0.25, 0.3) is 10.9 Å². The zero-order chi connectivity index (χ0) is 23.6. The summed E-state index contributed by atoms with van der Waals surface area (Å²) in [6.45, 7) is 3.71. The number of hydrogen-bond donors (Lipinski definition) is 0. The average Bonchev–Trinajstić information content (AvgIpc) is 3.18. The lowest BCUT2D eigenvalue weighted by Crippen LogP contribution is -2.39. The molecule has 7 nitrogen and oxygen atoms in total. The molecule has 1 saturated heterocycles. The molecule has 174 valence electrons. The summed E-state index contributed by atoms with van der Waals surface area (Å²) in [5.74, 6) is -0.572. The first-order valence-corrected chi connectivity index (χ1v) is 12.8. The maximum Gasteiger partial charge on any atom is 0.242 e. The van der Waals surface area contributed by atoms with Crippen molar-refractivity contribution in [3.05, 3.63) is 60.8 Å². The highest BCUT2D eigenvalue weighted by Crippen LogP contribution is 2.27. The predicted molar refractivity (Wildman–Crippen MR) is 129 cm³/mol. The summed E-state index contributed by atoms with van der Waals surface area (Å²) < 4.78 is 28.2. The first-order chi connectivity index (χ1) is 15.8. The third-order valence-corrected chi connectivity index (χ3v) is 7.98. The molecule has 1 aliphatic rings. The minimum atomic E-state index is -3.92. The molecule has 1 aliphatic heterocycles. The first kappa shape index (κ1) is 23.0. The second-order valence-electron chi connectivity index (χ2n) is 8.75. The molecule has 2 amide bonds. The van der Waals surface area contributed by atoms with E-state index in [2.05, 4.69) is 6.92 Å². The van der Waals surface area contributed by atoms with Gasteiger partial charge in [0.25, 0.3) is 0 Å². The van der Waals surface area contributed by atoms with E-state index in [1.807, 2.05) is 17.0 Å². The van der Waals surface area contributed by atoms with E-state index in [4.69, 9.17) is 0 Å². The van der Waals surface area contributed by atoms with Crippen molar-refractivity contribution >= 4 is 38.2 Å². The van der Waals surface area contributed by atoms with E-state index in [1.54, 1.807) is 54.1 Å². The normalized spacial score (nSPS) is 15.0. The van der Waals surface area contributed by atoms with Crippen molar-refractivity contribution in [2.45, 2.75) is 31.2 Å². The summed E-state index contributed by atoms with van der Waals surface area (Å²) >= 11 is 0. The Morgan fingerprint density at radius 3 is 2.33 bits per heavy atom. The van der Waals surface area contributed by atoms with E-state index in [0.717, 1.165) is 25.9 Å². The molecule has 0 aliphatic carbocycles. The maximum absolute atomic E-state index is 13.3. The van der Waals surface area contributed by atoms with Gasteiger partial charge in [-0.25, -0.2) is 8.42 Å². The fourth-order valence-electron chi connectivity index (χ4n) is 4.23. The Labute approximate surface area is 194 Å². The number of nitrogens with zero attached hydrogens (tertiary/aromatic N) is 3. The number of carbonyl (C=O) groups is 2. The van der Waals surface area contributed by atoms with Crippen LogP contribution in [0.4, 0.5) is 5.69 Å². The third kappa shape index (κ3) is 4.95. The van der Waals surface area contributed by atoms with Gasteiger partial charge in [0, 0.05) is 42.9 Å². The molecular formula is C25H29N3O4S. The summed E-state index contributed by atoms with van der Waals surface area (Å²) in [4.78, 5) is 28.9. The lowest BCUT2D eigenvalue weighted by atomic mass is 9.99.